The monoisotopic (exact) mass is 586 g/mol. The standard InChI is InChI=1S/C40H73O2/c1-4-6-8-10-12-14-16-18-20-22-24-26-28-30-32-34-36-41-38-40(3)39-42-37-35-33-31-29-27-25-23-21-19-17-15-13-11-9-7-5-2/h12-15,18-21H,4-11,16-17,22-39H2,1-3H3/b14-12-,15-13-,20-18-,21-19-. The average molecular weight is 586 g/mol. The molecule has 0 spiro atoms. The first-order valence-corrected chi connectivity index (χ1v) is 18.4. The number of allylic oxidation sites excluding steroid dienone is 8. The fourth-order valence-electron chi connectivity index (χ4n) is 4.92. The molecule has 0 unspecified atom stereocenters. The Morgan fingerprint density at radius 2 is 0.690 bits per heavy atom. The van der Waals surface area contributed by atoms with Gasteiger partial charge in [0, 0.05) is 19.1 Å². The highest BCUT2D eigenvalue weighted by Gasteiger charge is 2.03. The van der Waals surface area contributed by atoms with E-state index in [1.165, 1.54) is 147 Å². The molecular formula is C40H73O2. The SMILES string of the molecule is CCCCC/C=C\C/C=C\CCCCCCCCOC[C](C)COCCCCCCCC/C=C\C/C=C\CCCCC. The number of ether oxygens (including phenoxy) is 2. The Morgan fingerprint density at radius 3 is 1.05 bits per heavy atom. The maximum absolute atomic E-state index is 5.86. The molecule has 0 rings (SSSR count). The van der Waals surface area contributed by atoms with Crippen LogP contribution in [0, 0.1) is 5.92 Å². The molecule has 0 aliphatic carbocycles. The summed E-state index contributed by atoms with van der Waals surface area (Å²) in [5, 5.41) is 0. The molecule has 0 heterocycles. The van der Waals surface area contributed by atoms with Crippen molar-refractivity contribution in [2.24, 2.45) is 0 Å². The lowest BCUT2D eigenvalue weighted by atomic mass is 10.1. The zero-order valence-corrected chi connectivity index (χ0v) is 28.7. The van der Waals surface area contributed by atoms with Gasteiger partial charge in [0.05, 0.1) is 13.2 Å². The summed E-state index contributed by atoms with van der Waals surface area (Å²) >= 11 is 0. The maximum Gasteiger partial charge on any atom is 0.0548 e. The first-order valence-electron chi connectivity index (χ1n) is 18.4. The van der Waals surface area contributed by atoms with Crippen molar-refractivity contribution < 1.29 is 9.47 Å². The minimum atomic E-state index is 0.754. The zero-order chi connectivity index (χ0) is 30.4. The van der Waals surface area contributed by atoms with Gasteiger partial charge in [0.1, 0.15) is 0 Å². The summed E-state index contributed by atoms with van der Waals surface area (Å²) in [5.41, 5.74) is 0. The van der Waals surface area contributed by atoms with E-state index in [-0.39, 0.29) is 0 Å². The lowest BCUT2D eigenvalue weighted by molar-refractivity contribution is 0.0958. The Balaban J connectivity index is 3.26. The molecule has 0 atom stereocenters. The second kappa shape index (κ2) is 37.9. The van der Waals surface area contributed by atoms with Crippen LogP contribution in [0.25, 0.3) is 0 Å². The molecule has 2 nitrogen and oxygen atoms in total. The van der Waals surface area contributed by atoms with E-state index in [9.17, 15) is 0 Å². The van der Waals surface area contributed by atoms with Gasteiger partial charge in [-0.15, -0.1) is 0 Å². The second-order valence-corrected chi connectivity index (χ2v) is 12.2. The number of hydrogen-bond donors (Lipinski definition) is 0. The fourth-order valence-corrected chi connectivity index (χ4v) is 4.92. The minimum absolute atomic E-state index is 0.754. The molecule has 0 saturated heterocycles. The van der Waals surface area contributed by atoms with E-state index in [1.54, 1.807) is 0 Å². The quantitative estimate of drug-likeness (QED) is 0.0552. The molecule has 0 aromatic heterocycles. The van der Waals surface area contributed by atoms with Gasteiger partial charge in [-0.2, -0.15) is 0 Å². The average Bonchev–Trinajstić information content (AvgIpc) is 3.00. The van der Waals surface area contributed by atoms with Crippen LogP contribution in [-0.2, 0) is 9.47 Å². The Kier molecular flexibility index (Phi) is 36.9. The molecule has 0 bridgehead atoms. The van der Waals surface area contributed by atoms with Gasteiger partial charge < -0.3 is 9.47 Å². The van der Waals surface area contributed by atoms with Gasteiger partial charge >= 0.3 is 0 Å². The first-order chi connectivity index (χ1) is 20.8. The van der Waals surface area contributed by atoms with E-state index in [0.717, 1.165) is 39.3 Å². The summed E-state index contributed by atoms with van der Waals surface area (Å²) in [6.07, 6.45) is 49.7. The Bertz CT molecular complexity index is 551. The molecule has 1 radical (unpaired) electrons. The predicted octanol–water partition coefficient (Wildman–Crippen LogP) is 13.2. The van der Waals surface area contributed by atoms with Crippen LogP contribution in [0.5, 0.6) is 0 Å². The van der Waals surface area contributed by atoms with Crippen molar-refractivity contribution in [1.29, 1.82) is 0 Å². The van der Waals surface area contributed by atoms with Gasteiger partial charge in [-0.1, -0.05) is 146 Å². The van der Waals surface area contributed by atoms with E-state index in [2.05, 4.69) is 69.4 Å². The van der Waals surface area contributed by atoms with Crippen LogP contribution in [0.1, 0.15) is 175 Å². The second-order valence-electron chi connectivity index (χ2n) is 12.2. The molecule has 0 aliphatic heterocycles. The number of rotatable bonds is 34. The lowest BCUT2D eigenvalue weighted by Gasteiger charge is -2.12. The van der Waals surface area contributed by atoms with Gasteiger partial charge in [0.2, 0.25) is 0 Å². The summed E-state index contributed by atoms with van der Waals surface area (Å²) in [6.45, 7) is 9.97. The van der Waals surface area contributed by atoms with Crippen LogP contribution in [0.4, 0.5) is 0 Å². The van der Waals surface area contributed by atoms with E-state index < -0.39 is 0 Å². The Labute approximate surface area is 264 Å². The third kappa shape index (κ3) is 36.9. The first kappa shape index (κ1) is 40.9. The minimum Gasteiger partial charge on any atom is -0.381 e. The van der Waals surface area contributed by atoms with Crippen molar-refractivity contribution in [3.63, 3.8) is 0 Å². The van der Waals surface area contributed by atoms with Crippen LogP contribution >= 0.6 is 0 Å². The van der Waals surface area contributed by atoms with Crippen molar-refractivity contribution in [2.75, 3.05) is 26.4 Å². The van der Waals surface area contributed by atoms with Crippen molar-refractivity contribution in [2.45, 2.75) is 175 Å². The summed E-state index contributed by atoms with van der Waals surface area (Å²) in [5.74, 6) is 1.31. The molecule has 42 heavy (non-hydrogen) atoms. The topological polar surface area (TPSA) is 18.5 Å². The summed E-state index contributed by atoms with van der Waals surface area (Å²) in [7, 11) is 0. The fraction of sp³-hybridized carbons (Fsp3) is 0.775. The molecule has 245 valence electrons. The Morgan fingerprint density at radius 1 is 0.381 bits per heavy atom. The highest BCUT2D eigenvalue weighted by molar-refractivity contribution is 4.93. The third-order valence-corrected chi connectivity index (χ3v) is 7.68. The molecule has 0 aliphatic rings. The summed E-state index contributed by atoms with van der Waals surface area (Å²) in [4.78, 5) is 0. The van der Waals surface area contributed by atoms with Gasteiger partial charge in [-0.3, -0.25) is 0 Å². The van der Waals surface area contributed by atoms with Crippen LogP contribution in [-0.4, -0.2) is 26.4 Å². The van der Waals surface area contributed by atoms with Gasteiger partial charge in [-0.25, -0.2) is 0 Å². The van der Waals surface area contributed by atoms with Crippen molar-refractivity contribution in [1.82, 2.24) is 0 Å². The normalized spacial score (nSPS) is 12.5. The van der Waals surface area contributed by atoms with E-state index in [1.807, 2.05) is 0 Å². The van der Waals surface area contributed by atoms with Crippen LogP contribution in [0.15, 0.2) is 48.6 Å². The summed E-state index contributed by atoms with van der Waals surface area (Å²) in [6, 6.07) is 0. The number of unbranched alkanes of at least 4 members (excludes halogenated alkanes) is 18. The van der Waals surface area contributed by atoms with Crippen molar-refractivity contribution in [3.05, 3.63) is 54.5 Å². The predicted molar refractivity (Wildman–Crippen MR) is 189 cm³/mol. The van der Waals surface area contributed by atoms with Gasteiger partial charge in [-0.05, 0) is 77.0 Å². The maximum atomic E-state index is 5.86. The molecule has 0 amide bonds. The molecule has 0 saturated carbocycles. The van der Waals surface area contributed by atoms with E-state index in [0.29, 0.717) is 0 Å². The van der Waals surface area contributed by atoms with Crippen LogP contribution in [0.3, 0.4) is 0 Å². The third-order valence-electron chi connectivity index (χ3n) is 7.68. The molecular weight excluding hydrogens is 512 g/mol. The number of hydrogen-bond acceptors (Lipinski definition) is 2. The highest BCUT2D eigenvalue weighted by Crippen LogP contribution is 2.11. The van der Waals surface area contributed by atoms with Gasteiger partial charge in [0.15, 0.2) is 0 Å². The molecule has 2 heteroatoms. The van der Waals surface area contributed by atoms with Crippen LogP contribution < -0.4 is 0 Å². The van der Waals surface area contributed by atoms with E-state index >= 15 is 0 Å². The molecule has 0 fully saturated rings. The Hall–Kier alpha value is -1.12. The van der Waals surface area contributed by atoms with Crippen LogP contribution in [0.2, 0.25) is 0 Å². The lowest BCUT2D eigenvalue weighted by Crippen LogP contribution is -2.12. The van der Waals surface area contributed by atoms with Crippen molar-refractivity contribution in [3.8, 4) is 0 Å². The van der Waals surface area contributed by atoms with Crippen molar-refractivity contribution >= 4 is 0 Å². The molecule has 0 aromatic rings. The highest BCUT2D eigenvalue weighted by atomic mass is 16.5. The smallest absolute Gasteiger partial charge is 0.0548 e. The van der Waals surface area contributed by atoms with E-state index in [4.69, 9.17) is 9.47 Å². The largest absolute Gasteiger partial charge is 0.381 e. The summed E-state index contributed by atoms with van der Waals surface area (Å²) < 4.78 is 11.7. The molecule has 0 N–H and O–H groups in total. The molecule has 0 aromatic carbocycles. The van der Waals surface area contributed by atoms with Gasteiger partial charge in [0.25, 0.3) is 0 Å². The zero-order valence-electron chi connectivity index (χ0n) is 28.7.